The number of nitrogens with one attached hydrogen (secondary N) is 1. The van der Waals surface area contributed by atoms with E-state index < -0.39 is 11.8 Å². The van der Waals surface area contributed by atoms with Crippen molar-refractivity contribution < 1.29 is 19.4 Å². The van der Waals surface area contributed by atoms with E-state index in [0.717, 1.165) is 0 Å². The fraction of sp³-hybridized carbons (Fsp3) is 0.385. The van der Waals surface area contributed by atoms with Gasteiger partial charge in [-0.1, -0.05) is 12.1 Å². The highest BCUT2D eigenvalue weighted by molar-refractivity contribution is 6.39. The normalized spacial score (nSPS) is 9.84. The van der Waals surface area contributed by atoms with Crippen LogP contribution in [0.25, 0.3) is 0 Å². The van der Waals surface area contributed by atoms with Crippen LogP contribution in [0.4, 0.5) is 5.69 Å². The number of likely N-dealkylation sites (N-methyl/N-ethyl adjacent to an activating group) is 1. The summed E-state index contributed by atoms with van der Waals surface area (Å²) in [6.07, 6.45) is 0. The number of aliphatic hydroxyl groups excluding tert-OH is 1. The van der Waals surface area contributed by atoms with Crippen LogP contribution in [0.15, 0.2) is 24.3 Å². The molecule has 0 heterocycles. The maximum atomic E-state index is 11.8. The lowest BCUT2D eigenvalue weighted by Crippen LogP contribution is -2.41. The van der Waals surface area contributed by atoms with Crippen LogP contribution in [0.2, 0.25) is 0 Å². The van der Waals surface area contributed by atoms with E-state index >= 15 is 0 Å². The molecule has 0 radical (unpaired) electrons. The summed E-state index contributed by atoms with van der Waals surface area (Å²) in [6, 6.07) is 6.83. The van der Waals surface area contributed by atoms with E-state index in [4.69, 9.17) is 9.84 Å². The number of anilines is 1. The van der Waals surface area contributed by atoms with Crippen LogP contribution in [0.1, 0.15) is 6.92 Å². The van der Waals surface area contributed by atoms with E-state index in [2.05, 4.69) is 5.32 Å². The van der Waals surface area contributed by atoms with Gasteiger partial charge in [-0.2, -0.15) is 0 Å². The largest absolute Gasteiger partial charge is 0.495 e. The first-order chi connectivity index (χ1) is 9.13. The van der Waals surface area contributed by atoms with Crippen molar-refractivity contribution in [3.8, 4) is 5.75 Å². The van der Waals surface area contributed by atoms with Crippen LogP contribution in [0, 0.1) is 0 Å². The number of amides is 2. The van der Waals surface area contributed by atoms with Crippen LogP contribution in [-0.4, -0.2) is 48.6 Å². The Morgan fingerprint density at radius 1 is 1.37 bits per heavy atom. The average molecular weight is 266 g/mol. The van der Waals surface area contributed by atoms with Gasteiger partial charge in [0.15, 0.2) is 0 Å². The van der Waals surface area contributed by atoms with Gasteiger partial charge in [-0.3, -0.25) is 9.59 Å². The summed E-state index contributed by atoms with van der Waals surface area (Å²) >= 11 is 0. The molecule has 0 aliphatic carbocycles. The molecule has 0 spiro atoms. The molecule has 104 valence electrons. The molecule has 2 N–H and O–H groups in total. The molecule has 0 saturated carbocycles. The van der Waals surface area contributed by atoms with Crippen LogP contribution in [0.3, 0.4) is 0 Å². The topological polar surface area (TPSA) is 78.9 Å². The molecule has 2 amide bonds. The number of benzene rings is 1. The highest BCUT2D eigenvalue weighted by atomic mass is 16.5. The lowest BCUT2D eigenvalue weighted by atomic mass is 10.3. The van der Waals surface area contributed by atoms with Crippen molar-refractivity contribution in [1.29, 1.82) is 0 Å². The standard InChI is InChI=1S/C13H18N2O4/c1-3-15(8-9-16)13(18)12(17)14-10-6-4-5-7-11(10)19-2/h4-7,16H,3,8-9H2,1-2H3,(H,14,17). The Bertz CT molecular complexity index is 448. The number of ether oxygens (including phenoxy) is 1. The number of hydrogen-bond acceptors (Lipinski definition) is 4. The molecule has 0 aliphatic heterocycles. The second-order valence-corrected chi connectivity index (χ2v) is 3.76. The number of nitrogens with zero attached hydrogens (tertiary/aromatic N) is 1. The van der Waals surface area contributed by atoms with Crippen molar-refractivity contribution in [2.45, 2.75) is 6.92 Å². The SMILES string of the molecule is CCN(CCO)C(=O)C(=O)Nc1ccccc1OC. The minimum Gasteiger partial charge on any atom is -0.495 e. The Kier molecular flexibility index (Phi) is 5.81. The molecule has 0 atom stereocenters. The Hall–Kier alpha value is -2.08. The van der Waals surface area contributed by atoms with Gasteiger partial charge in [-0.15, -0.1) is 0 Å². The van der Waals surface area contributed by atoms with Crippen LogP contribution >= 0.6 is 0 Å². The van der Waals surface area contributed by atoms with E-state index in [1.807, 2.05) is 0 Å². The molecular weight excluding hydrogens is 248 g/mol. The molecule has 0 saturated heterocycles. The van der Waals surface area contributed by atoms with Crippen LogP contribution in [0.5, 0.6) is 5.75 Å². The Labute approximate surface area is 112 Å². The molecule has 6 nitrogen and oxygen atoms in total. The minimum atomic E-state index is -0.750. The fourth-order valence-corrected chi connectivity index (χ4v) is 1.59. The molecule has 0 bridgehead atoms. The van der Waals surface area contributed by atoms with Gasteiger partial charge in [-0.25, -0.2) is 0 Å². The molecular formula is C13H18N2O4. The first kappa shape index (κ1) is 15.0. The Morgan fingerprint density at radius 2 is 2.05 bits per heavy atom. The first-order valence-electron chi connectivity index (χ1n) is 5.98. The van der Waals surface area contributed by atoms with Gasteiger partial charge in [-0.05, 0) is 19.1 Å². The van der Waals surface area contributed by atoms with Gasteiger partial charge in [0.25, 0.3) is 0 Å². The van der Waals surface area contributed by atoms with Crippen molar-refractivity contribution in [2.24, 2.45) is 0 Å². The van der Waals surface area contributed by atoms with E-state index in [-0.39, 0.29) is 13.2 Å². The van der Waals surface area contributed by atoms with Crippen molar-refractivity contribution in [1.82, 2.24) is 4.90 Å². The van der Waals surface area contributed by atoms with Gasteiger partial charge >= 0.3 is 11.8 Å². The van der Waals surface area contributed by atoms with Crippen molar-refractivity contribution >= 4 is 17.5 Å². The molecule has 1 aromatic rings. The van der Waals surface area contributed by atoms with Gasteiger partial charge in [0.05, 0.1) is 19.4 Å². The zero-order chi connectivity index (χ0) is 14.3. The highest BCUT2D eigenvalue weighted by Gasteiger charge is 2.21. The monoisotopic (exact) mass is 266 g/mol. The van der Waals surface area contributed by atoms with Gasteiger partial charge in [0.1, 0.15) is 5.75 Å². The van der Waals surface area contributed by atoms with E-state index in [1.54, 1.807) is 31.2 Å². The summed E-state index contributed by atoms with van der Waals surface area (Å²) in [4.78, 5) is 24.9. The summed E-state index contributed by atoms with van der Waals surface area (Å²) in [7, 11) is 1.48. The molecule has 0 aliphatic rings. The molecule has 19 heavy (non-hydrogen) atoms. The average Bonchev–Trinajstić information content (AvgIpc) is 2.44. The summed E-state index contributed by atoms with van der Waals surface area (Å²) in [5.41, 5.74) is 0.434. The summed E-state index contributed by atoms with van der Waals surface area (Å²) in [5.74, 6) is -0.948. The molecule has 0 unspecified atom stereocenters. The Morgan fingerprint density at radius 3 is 2.63 bits per heavy atom. The third kappa shape index (κ3) is 3.96. The maximum absolute atomic E-state index is 11.8. The number of methoxy groups -OCH3 is 1. The molecule has 1 aromatic carbocycles. The zero-order valence-electron chi connectivity index (χ0n) is 11.0. The lowest BCUT2D eigenvalue weighted by Gasteiger charge is -2.19. The second kappa shape index (κ2) is 7.38. The van der Waals surface area contributed by atoms with Crippen LogP contribution in [-0.2, 0) is 9.59 Å². The van der Waals surface area contributed by atoms with Gasteiger partial charge in [0, 0.05) is 13.1 Å². The number of aliphatic hydroxyl groups is 1. The summed E-state index contributed by atoms with van der Waals surface area (Å²) in [5, 5.41) is 11.3. The number of carbonyl (C=O) groups excluding carboxylic acids is 2. The fourth-order valence-electron chi connectivity index (χ4n) is 1.59. The summed E-state index contributed by atoms with van der Waals surface area (Å²) < 4.78 is 5.08. The van der Waals surface area contributed by atoms with E-state index in [9.17, 15) is 9.59 Å². The minimum absolute atomic E-state index is 0.134. The van der Waals surface area contributed by atoms with Crippen LogP contribution < -0.4 is 10.1 Å². The molecule has 0 aromatic heterocycles. The molecule has 6 heteroatoms. The predicted octanol–water partition coefficient (Wildman–Crippen LogP) is 0.474. The Balaban J connectivity index is 2.76. The number of hydrogen-bond donors (Lipinski definition) is 2. The lowest BCUT2D eigenvalue weighted by molar-refractivity contribution is -0.143. The first-order valence-corrected chi connectivity index (χ1v) is 5.98. The van der Waals surface area contributed by atoms with Crippen molar-refractivity contribution in [2.75, 3.05) is 32.1 Å². The number of para-hydroxylation sites is 2. The third-order valence-corrected chi connectivity index (χ3v) is 2.59. The number of carbonyl (C=O) groups is 2. The second-order valence-electron chi connectivity index (χ2n) is 3.76. The highest BCUT2D eigenvalue weighted by Crippen LogP contribution is 2.22. The van der Waals surface area contributed by atoms with E-state index in [0.29, 0.717) is 18.0 Å². The molecule has 0 fully saturated rings. The van der Waals surface area contributed by atoms with Crippen molar-refractivity contribution in [3.63, 3.8) is 0 Å². The molecule has 1 rings (SSSR count). The quantitative estimate of drug-likeness (QED) is 0.760. The van der Waals surface area contributed by atoms with Crippen molar-refractivity contribution in [3.05, 3.63) is 24.3 Å². The number of rotatable bonds is 5. The van der Waals surface area contributed by atoms with E-state index in [1.165, 1.54) is 12.0 Å². The third-order valence-electron chi connectivity index (χ3n) is 2.59. The maximum Gasteiger partial charge on any atom is 0.314 e. The van der Waals surface area contributed by atoms with Gasteiger partial charge in [0.2, 0.25) is 0 Å². The summed E-state index contributed by atoms with van der Waals surface area (Å²) in [6.45, 7) is 2.05. The van der Waals surface area contributed by atoms with Gasteiger partial charge < -0.3 is 20.1 Å². The predicted molar refractivity (Wildman–Crippen MR) is 71.0 cm³/mol. The zero-order valence-corrected chi connectivity index (χ0v) is 11.0. The smallest absolute Gasteiger partial charge is 0.314 e.